The number of hydrogen-bond donors (Lipinski definition) is 1. The highest BCUT2D eigenvalue weighted by molar-refractivity contribution is 5.79. The fraction of sp³-hybridized carbons (Fsp3) is 0.524. The van der Waals surface area contributed by atoms with Gasteiger partial charge in [0.05, 0.1) is 31.6 Å². The first kappa shape index (κ1) is 20.2. The number of aromatic nitrogens is 5. The second kappa shape index (κ2) is 7.95. The summed E-state index contributed by atoms with van der Waals surface area (Å²) < 4.78 is 15.3. The van der Waals surface area contributed by atoms with Crippen molar-refractivity contribution in [3.05, 3.63) is 24.2 Å². The summed E-state index contributed by atoms with van der Waals surface area (Å²) in [7, 11) is 0. The van der Waals surface area contributed by atoms with Gasteiger partial charge >= 0.3 is 0 Å². The van der Waals surface area contributed by atoms with Gasteiger partial charge < -0.3 is 19.4 Å². The maximum atomic E-state index is 9.64. The normalized spacial score (nSPS) is 19.0. The first-order valence-corrected chi connectivity index (χ1v) is 10.3. The fourth-order valence-corrected chi connectivity index (χ4v) is 3.63. The van der Waals surface area contributed by atoms with Crippen molar-refractivity contribution >= 4 is 22.7 Å². The van der Waals surface area contributed by atoms with Crippen molar-refractivity contribution in [2.75, 3.05) is 18.5 Å². The van der Waals surface area contributed by atoms with Gasteiger partial charge in [0, 0.05) is 23.5 Å². The zero-order valence-electron chi connectivity index (χ0n) is 18.0. The van der Waals surface area contributed by atoms with Gasteiger partial charge in [-0.25, -0.2) is 4.98 Å². The van der Waals surface area contributed by atoms with E-state index < -0.39 is 0 Å². The largest absolute Gasteiger partial charge is 0.472 e. The molecule has 0 unspecified atom stereocenters. The van der Waals surface area contributed by atoms with Crippen molar-refractivity contribution in [1.82, 2.24) is 24.3 Å². The van der Waals surface area contributed by atoms with Crippen LogP contribution in [0.3, 0.4) is 0 Å². The molecule has 0 aliphatic carbocycles. The van der Waals surface area contributed by atoms with Crippen LogP contribution in [0.2, 0.25) is 0 Å². The molecular formula is C21H27N7O2. The molecule has 4 rings (SSSR count). The number of fused-ring (bicyclic) bond motifs is 1. The molecule has 2 atom stereocenters. The van der Waals surface area contributed by atoms with E-state index in [2.05, 4.69) is 42.2 Å². The van der Waals surface area contributed by atoms with Crippen LogP contribution in [0, 0.1) is 17.2 Å². The van der Waals surface area contributed by atoms with Crippen LogP contribution < -0.4 is 10.1 Å². The molecule has 0 saturated carbocycles. The summed E-state index contributed by atoms with van der Waals surface area (Å²) >= 11 is 0. The summed E-state index contributed by atoms with van der Waals surface area (Å²) in [5, 5.41) is 18.2. The van der Waals surface area contributed by atoms with Gasteiger partial charge in [-0.15, -0.1) is 5.10 Å². The summed E-state index contributed by atoms with van der Waals surface area (Å²) in [5.74, 6) is 1.23. The number of rotatable bonds is 6. The third kappa shape index (κ3) is 3.71. The minimum atomic E-state index is -0.0104. The Bertz CT molecular complexity index is 1090. The maximum Gasteiger partial charge on any atom is 0.257 e. The molecule has 1 aliphatic heterocycles. The molecule has 3 aromatic rings. The van der Waals surface area contributed by atoms with Crippen LogP contribution in [0.15, 0.2) is 18.5 Å². The standard InChI is InChI=1S/C21H27N7O2/c1-12(2)27-9-17(20(26-27)30-13(3)4)24-21-23-8-15-6-16(7-22)28(19(15)25-21)18-11-29-10-14(18)5/h6,8-9,12-14,18H,10-11H2,1-5H3,(H,23,24,25)/t14-,18+/m1/s1. The Labute approximate surface area is 175 Å². The molecule has 0 radical (unpaired) electrons. The molecule has 0 bridgehead atoms. The van der Waals surface area contributed by atoms with Crippen LogP contribution >= 0.6 is 0 Å². The Morgan fingerprint density at radius 1 is 1.30 bits per heavy atom. The van der Waals surface area contributed by atoms with Crippen molar-refractivity contribution in [2.45, 2.75) is 52.8 Å². The van der Waals surface area contributed by atoms with E-state index in [0.29, 0.717) is 48.0 Å². The van der Waals surface area contributed by atoms with Crippen molar-refractivity contribution in [3.63, 3.8) is 0 Å². The predicted molar refractivity (Wildman–Crippen MR) is 113 cm³/mol. The zero-order chi connectivity index (χ0) is 21.4. The summed E-state index contributed by atoms with van der Waals surface area (Å²) in [5.41, 5.74) is 1.98. The lowest BCUT2D eigenvalue weighted by molar-refractivity contribution is 0.182. The summed E-state index contributed by atoms with van der Waals surface area (Å²) in [6.07, 6.45) is 3.62. The lowest BCUT2D eigenvalue weighted by Gasteiger charge is -2.17. The smallest absolute Gasteiger partial charge is 0.257 e. The van der Waals surface area contributed by atoms with E-state index in [0.717, 1.165) is 5.39 Å². The topological polar surface area (TPSA) is 103 Å². The maximum absolute atomic E-state index is 9.64. The molecule has 1 aliphatic rings. The van der Waals surface area contributed by atoms with Gasteiger partial charge in [0.1, 0.15) is 23.1 Å². The minimum absolute atomic E-state index is 0.0104. The van der Waals surface area contributed by atoms with Gasteiger partial charge in [0.15, 0.2) is 0 Å². The van der Waals surface area contributed by atoms with Crippen LogP contribution in [-0.2, 0) is 4.74 Å². The monoisotopic (exact) mass is 409 g/mol. The number of nitriles is 1. The van der Waals surface area contributed by atoms with Crippen LogP contribution in [0.25, 0.3) is 11.0 Å². The van der Waals surface area contributed by atoms with Crippen molar-refractivity contribution < 1.29 is 9.47 Å². The predicted octanol–water partition coefficient (Wildman–Crippen LogP) is 3.82. The van der Waals surface area contributed by atoms with Crippen LogP contribution in [0.1, 0.15) is 52.4 Å². The van der Waals surface area contributed by atoms with Crippen molar-refractivity contribution in [3.8, 4) is 11.9 Å². The molecule has 1 N–H and O–H groups in total. The summed E-state index contributed by atoms with van der Waals surface area (Å²) in [4.78, 5) is 9.18. The van der Waals surface area contributed by atoms with Crippen molar-refractivity contribution in [1.29, 1.82) is 5.26 Å². The molecule has 1 fully saturated rings. The quantitative estimate of drug-likeness (QED) is 0.660. The third-order valence-electron chi connectivity index (χ3n) is 5.17. The summed E-state index contributed by atoms with van der Waals surface area (Å²) in [6, 6.07) is 4.38. The van der Waals surface area contributed by atoms with Gasteiger partial charge in [-0.1, -0.05) is 6.92 Å². The number of nitrogens with one attached hydrogen (secondary N) is 1. The second-order valence-corrected chi connectivity index (χ2v) is 8.28. The molecule has 9 heteroatoms. The molecule has 0 amide bonds. The molecule has 1 saturated heterocycles. The van der Waals surface area contributed by atoms with Crippen LogP contribution in [-0.4, -0.2) is 43.6 Å². The van der Waals surface area contributed by atoms with Gasteiger partial charge in [0.25, 0.3) is 5.88 Å². The molecule has 30 heavy (non-hydrogen) atoms. The average molecular weight is 409 g/mol. The Balaban J connectivity index is 1.73. The third-order valence-corrected chi connectivity index (χ3v) is 5.17. The van der Waals surface area contributed by atoms with Crippen LogP contribution in [0.5, 0.6) is 5.88 Å². The van der Waals surface area contributed by atoms with Gasteiger partial charge in [-0.2, -0.15) is 10.2 Å². The highest BCUT2D eigenvalue weighted by Crippen LogP contribution is 2.32. The zero-order valence-corrected chi connectivity index (χ0v) is 18.0. The molecule has 0 aromatic carbocycles. The Morgan fingerprint density at radius 2 is 2.10 bits per heavy atom. The van der Waals surface area contributed by atoms with E-state index in [-0.39, 0.29) is 18.2 Å². The van der Waals surface area contributed by atoms with E-state index in [1.54, 1.807) is 6.20 Å². The number of anilines is 2. The molecular weight excluding hydrogens is 382 g/mol. The highest BCUT2D eigenvalue weighted by Gasteiger charge is 2.29. The van der Waals surface area contributed by atoms with Crippen LogP contribution in [0.4, 0.5) is 11.6 Å². The molecule has 4 heterocycles. The molecule has 0 spiro atoms. The lowest BCUT2D eigenvalue weighted by Crippen LogP contribution is -2.17. The van der Waals surface area contributed by atoms with Gasteiger partial charge in [-0.3, -0.25) is 4.68 Å². The van der Waals surface area contributed by atoms with Gasteiger partial charge in [0.2, 0.25) is 5.95 Å². The molecule has 9 nitrogen and oxygen atoms in total. The molecule has 3 aromatic heterocycles. The first-order valence-electron chi connectivity index (χ1n) is 10.3. The lowest BCUT2D eigenvalue weighted by atomic mass is 10.1. The average Bonchev–Trinajstić information content (AvgIpc) is 3.38. The summed E-state index contributed by atoms with van der Waals surface area (Å²) in [6.45, 7) is 11.4. The second-order valence-electron chi connectivity index (χ2n) is 8.28. The minimum Gasteiger partial charge on any atom is -0.472 e. The van der Waals surface area contributed by atoms with E-state index in [1.165, 1.54) is 0 Å². The first-order chi connectivity index (χ1) is 14.4. The van der Waals surface area contributed by atoms with E-state index in [4.69, 9.17) is 14.5 Å². The Hall–Kier alpha value is -3.12. The number of ether oxygens (including phenoxy) is 2. The van der Waals surface area contributed by atoms with Gasteiger partial charge in [-0.05, 0) is 33.8 Å². The fourth-order valence-electron chi connectivity index (χ4n) is 3.63. The molecule has 158 valence electrons. The van der Waals surface area contributed by atoms with E-state index in [9.17, 15) is 5.26 Å². The SMILES string of the molecule is CC(C)Oc1nn(C(C)C)cc1Nc1ncc2cc(C#N)n([C@H]3COC[C@H]3C)c2n1. The Kier molecular flexibility index (Phi) is 5.35. The highest BCUT2D eigenvalue weighted by atomic mass is 16.5. The number of hydrogen-bond acceptors (Lipinski definition) is 7. The number of nitrogens with zero attached hydrogens (tertiary/aromatic N) is 6. The van der Waals surface area contributed by atoms with E-state index >= 15 is 0 Å². The van der Waals surface area contributed by atoms with Crippen molar-refractivity contribution in [2.24, 2.45) is 5.92 Å². The Morgan fingerprint density at radius 3 is 2.73 bits per heavy atom. The van der Waals surface area contributed by atoms with E-state index in [1.807, 2.05) is 35.4 Å².